The van der Waals surface area contributed by atoms with Crippen LogP contribution in [0.1, 0.15) is 177 Å². The van der Waals surface area contributed by atoms with Crippen molar-refractivity contribution >= 4 is 161 Å². The van der Waals surface area contributed by atoms with Crippen molar-refractivity contribution < 1.29 is 19.2 Å². The average Bonchev–Trinajstić information content (AvgIpc) is 1.64. The van der Waals surface area contributed by atoms with E-state index in [0.29, 0.717) is 85.2 Å². The van der Waals surface area contributed by atoms with Gasteiger partial charge < -0.3 is 43.4 Å². The van der Waals surface area contributed by atoms with E-state index in [2.05, 4.69) is 77.5 Å². The summed E-state index contributed by atoms with van der Waals surface area (Å²) in [6, 6.07) is 0. The SMILES string of the molecule is CC1CCC(C(=O)c2csc3c(=O)[nH]c(N)nc23)CC1.CCC1CCN(C(=O)c2csc3c(=O)[nH]c(N)nc23)CC1.CCCC1CCN(C(=O)c2csc3c(=O)[nH]c(N)nc23)CC1.CCCCC1CCN(C(=O)c2csc3c(=O)[nH]c(N)nc23)CC1.Cc1csc2c(=O)[nH]c(N)nc12. The lowest BCUT2D eigenvalue weighted by Crippen LogP contribution is -2.38. The number of H-pyrrole nitrogens is 5. The lowest BCUT2D eigenvalue weighted by molar-refractivity contribution is 0.0681. The van der Waals surface area contributed by atoms with Crippen molar-refractivity contribution in [1.29, 1.82) is 0 Å². The smallest absolute Gasteiger partial charge is 0.270 e. The fraction of sp³-hybridized carbons (Fsp3) is 0.485. The Balaban J connectivity index is 0.000000134. The lowest BCUT2D eigenvalue weighted by atomic mass is 9.79. The van der Waals surface area contributed by atoms with E-state index < -0.39 is 0 Å². The van der Waals surface area contributed by atoms with Crippen LogP contribution in [0.3, 0.4) is 0 Å². The second kappa shape index (κ2) is 32.3. The van der Waals surface area contributed by atoms with Crippen LogP contribution in [-0.4, -0.2) is 127 Å². The molecule has 3 amide bonds. The van der Waals surface area contributed by atoms with Gasteiger partial charge in [0, 0.05) is 66.7 Å². The van der Waals surface area contributed by atoms with Gasteiger partial charge in [0.15, 0.2) is 5.78 Å². The number of nitrogens with two attached hydrogens (primary N) is 5. The molecule has 98 heavy (non-hydrogen) atoms. The zero-order valence-corrected chi connectivity index (χ0v) is 59.6. The Morgan fingerprint density at radius 1 is 0.418 bits per heavy atom. The first kappa shape index (κ1) is 72.0. The van der Waals surface area contributed by atoms with Gasteiger partial charge >= 0.3 is 0 Å². The number of aromatic nitrogens is 10. The second-order valence-corrected chi connectivity index (χ2v) is 29.9. The number of nitrogens with one attached hydrogen (secondary N) is 5. The van der Waals surface area contributed by atoms with E-state index in [1.807, 2.05) is 27.0 Å². The van der Waals surface area contributed by atoms with Crippen LogP contribution in [0.5, 0.6) is 0 Å². The maximum Gasteiger partial charge on any atom is 0.270 e. The van der Waals surface area contributed by atoms with Crippen molar-refractivity contribution in [3.63, 3.8) is 0 Å². The Morgan fingerprint density at radius 3 is 1.07 bits per heavy atom. The Kier molecular flexibility index (Phi) is 23.7. The van der Waals surface area contributed by atoms with Crippen molar-refractivity contribution in [3.8, 4) is 0 Å². The number of anilines is 5. The molecular formula is C66H84N18O9S5. The number of rotatable bonds is 11. The topological polar surface area (TPSA) is 437 Å². The summed E-state index contributed by atoms with van der Waals surface area (Å²) in [6.07, 6.45) is 17.7. The first-order valence-electron chi connectivity index (χ1n) is 33.3. The van der Waals surface area contributed by atoms with Crippen LogP contribution < -0.4 is 56.5 Å². The van der Waals surface area contributed by atoms with E-state index >= 15 is 0 Å². The molecule has 14 rings (SSSR count). The van der Waals surface area contributed by atoms with Crippen LogP contribution in [0.2, 0.25) is 0 Å². The standard InChI is InChI=1S/C16H22N4O2S.C15H20N4O2S.C14H18N4O2S.C14H17N3O2S.C7H7N3OS/c1-2-3-4-10-5-7-20(8-6-10)15(22)11-9-23-13-12(11)18-16(17)19-14(13)21;1-2-3-9-4-6-19(7-5-9)14(21)10-8-22-12-11(10)17-15(16)18-13(12)20;1-2-8-3-5-18(6-4-8)13(20)9-7-21-11-10(9)16-14(15)17-12(11)19;1-7-2-4-8(5-3-7)11(18)9-6-20-12-10(9)16-14(15)17-13(12)19;1-3-2-12-5-4(3)9-7(8)10-6(5)11/h9-10H,2-8H2,1H3,(H3,17,18,19,21);8-9H,2-7H2,1H3,(H3,16,17,18,20);7-8H,2-6H2,1H3,(H3,15,16,17,19);6-8H,2-5H2,1H3,(H3,15,16,17,19);2H,1H3,(H3,8,9,10,11). The molecule has 10 aromatic heterocycles. The summed E-state index contributed by atoms with van der Waals surface area (Å²) in [6.45, 7) is 15.4. The van der Waals surface area contributed by atoms with Gasteiger partial charge in [-0.05, 0) is 92.9 Å². The summed E-state index contributed by atoms with van der Waals surface area (Å²) in [4.78, 5) is 148. The molecule has 0 radical (unpaired) electrons. The second-order valence-electron chi connectivity index (χ2n) is 25.5. The van der Waals surface area contributed by atoms with Gasteiger partial charge in [-0.15, -0.1) is 56.7 Å². The summed E-state index contributed by atoms with van der Waals surface area (Å²) in [7, 11) is 0. The highest BCUT2D eigenvalue weighted by Crippen LogP contribution is 2.35. The number of nitrogens with zero attached hydrogens (tertiary/aromatic N) is 8. The van der Waals surface area contributed by atoms with E-state index in [0.717, 1.165) is 127 Å². The predicted octanol–water partition coefficient (Wildman–Crippen LogP) is 10.1. The number of likely N-dealkylation sites (tertiary alicyclic amines) is 3. The number of Topliss-reactive ketones (excluding diaryl/α,β-unsaturated/α-hetero) is 1. The monoisotopic (exact) mass is 1430 g/mol. The third-order valence-corrected chi connectivity index (χ3v) is 23.6. The third kappa shape index (κ3) is 16.7. The van der Waals surface area contributed by atoms with Gasteiger partial charge in [0.05, 0.1) is 27.8 Å². The molecule has 10 aromatic rings. The highest BCUT2D eigenvalue weighted by Gasteiger charge is 2.31. The van der Waals surface area contributed by atoms with Gasteiger partial charge in [0.25, 0.3) is 45.5 Å². The lowest BCUT2D eigenvalue weighted by Gasteiger charge is -2.32. The maximum absolute atomic E-state index is 12.8. The molecule has 4 fully saturated rings. The predicted molar refractivity (Wildman–Crippen MR) is 394 cm³/mol. The number of aryl methyl sites for hydroxylation is 1. The van der Waals surface area contributed by atoms with Gasteiger partial charge in [-0.25, -0.2) is 24.9 Å². The third-order valence-electron chi connectivity index (χ3n) is 18.7. The van der Waals surface area contributed by atoms with Crippen molar-refractivity contribution in [2.45, 2.75) is 137 Å². The number of amides is 3. The molecule has 15 N–H and O–H groups in total. The minimum absolute atomic E-state index is 0.0392. The summed E-state index contributed by atoms with van der Waals surface area (Å²) in [5.41, 5.74) is 31.9. The number of piperidine rings is 3. The number of nitrogen functional groups attached to an aromatic ring is 5. The Morgan fingerprint density at radius 2 is 0.724 bits per heavy atom. The molecule has 4 aliphatic rings. The first-order valence-corrected chi connectivity index (χ1v) is 37.7. The molecule has 522 valence electrons. The van der Waals surface area contributed by atoms with E-state index in [1.165, 1.54) is 88.8 Å². The number of thiophene rings is 5. The van der Waals surface area contributed by atoms with E-state index in [9.17, 15) is 43.2 Å². The summed E-state index contributed by atoms with van der Waals surface area (Å²) >= 11 is 6.37. The summed E-state index contributed by atoms with van der Waals surface area (Å²) in [5.74, 6) is 3.30. The highest BCUT2D eigenvalue weighted by molar-refractivity contribution is 7.18. The number of hydrogen-bond donors (Lipinski definition) is 10. The van der Waals surface area contributed by atoms with Crippen LogP contribution in [0.4, 0.5) is 29.7 Å². The number of unbranched alkanes of at least 4 members (excludes halogenated alkanes) is 1. The molecule has 27 nitrogen and oxygen atoms in total. The molecule has 0 bridgehead atoms. The van der Waals surface area contributed by atoms with E-state index in [1.54, 1.807) is 21.5 Å². The fourth-order valence-electron chi connectivity index (χ4n) is 13.0. The molecule has 0 atom stereocenters. The summed E-state index contributed by atoms with van der Waals surface area (Å²) < 4.78 is 2.49. The zero-order valence-electron chi connectivity index (χ0n) is 55.5. The van der Waals surface area contributed by atoms with Gasteiger partial charge in [-0.1, -0.05) is 79.1 Å². The Labute approximate surface area is 582 Å². The molecule has 1 aliphatic carbocycles. The number of hydrogen-bond acceptors (Lipinski definition) is 24. The fourth-order valence-corrected chi connectivity index (χ4v) is 17.4. The van der Waals surface area contributed by atoms with Gasteiger partial charge in [0.1, 0.15) is 45.6 Å². The molecule has 0 unspecified atom stereocenters. The Bertz CT molecular complexity index is 4810. The van der Waals surface area contributed by atoms with Crippen molar-refractivity contribution in [1.82, 2.24) is 64.5 Å². The number of carbonyl (C=O) groups excluding carboxylic acids is 4. The van der Waals surface area contributed by atoms with E-state index in [4.69, 9.17) is 28.7 Å². The largest absolute Gasteiger partial charge is 0.369 e. The van der Waals surface area contributed by atoms with Crippen LogP contribution in [0, 0.1) is 36.5 Å². The minimum Gasteiger partial charge on any atom is -0.369 e. The number of carbonyl (C=O) groups is 4. The number of fused-ring (bicyclic) bond motifs is 5. The average molecular weight is 1430 g/mol. The normalized spacial score (nSPS) is 17.0. The van der Waals surface area contributed by atoms with Crippen molar-refractivity contribution in [2.24, 2.45) is 29.6 Å². The van der Waals surface area contributed by atoms with Gasteiger partial charge in [-0.2, -0.15) is 0 Å². The zero-order chi connectivity index (χ0) is 70.1. The number of aromatic amines is 5. The Hall–Kier alpha value is -8.72. The molecule has 0 spiro atoms. The molecule has 0 aromatic carbocycles. The molecule has 3 aliphatic heterocycles. The molecule has 13 heterocycles. The minimum atomic E-state index is -0.286. The van der Waals surface area contributed by atoms with Gasteiger partial charge in [-0.3, -0.25) is 68.1 Å². The van der Waals surface area contributed by atoms with Crippen LogP contribution in [-0.2, 0) is 0 Å². The van der Waals surface area contributed by atoms with E-state index in [-0.39, 0.29) is 87.0 Å². The molecule has 32 heteroatoms. The van der Waals surface area contributed by atoms with Crippen LogP contribution in [0.15, 0.2) is 50.9 Å². The number of ketones is 1. The summed E-state index contributed by atoms with van der Waals surface area (Å²) in [5, 5.41) is 8.78. The maximum atomic E-state index is 12.8. The molecular weight excluding hydrogens is 1350 g/mol. The highest BCUT2D eigenvalue weighted by atomic mass is 32.1. The van der Waals surface area contributed by atoms with Crippen LogP contribution >= 0.6 is 56.7 Å². The van der Waals surface area contributed by atoms with Crippen molar-refractivity contribution in [3.05, 3.63) is 106 Å². The molecule has 3 saturated heterocycles. The quantitative estimate of drug-likeness (QED) is 0.0538. The van der Waals surface area contributed by atoms with Crippen LogP contribution in [0.25, 0.3) is 51.1 Å². The van der Waals surface area contributed by atoms with Crippen molar-refractivity contribution in [2.75, 3.05) is 67.9 Å². The van der Waals surface area contributed by atoms with Gasteiger partial charge in [0.2, 0.25) is 29.7 Å². The first-order chi connectivity index (χ1) is 47.0. The molecule has 1 saturated carbocycles.